The standard InChI is InChI=1S/C19H24N4O3/c1-2-12-26-16-13-23(14-8-4-3-5-9-14)21-17(16)19(25)22-11-7-6-10-15(22)18(20)24/h3-5,8-9,13,15H,2,6-7,10-12H2,1H3,(H2,20,24)/t15-/m0/s1. The second-order valence-corrected chi connectivity index (χ2v) is 6.38. The maximum absolute atomic E-state index is 13.1. The number of hydrogen-bond donors (Lipinski definition) is 1. The van der Waals surface area contributed by atoms with E-state index in [1.807, 2.05) is 37.3 Å². The van der Waals surface area contributed by atoms with Crippen molar-refractivity contribution in [1.29, 1.82) is 0 Å². The fourth-order valence-corrected chi connectivity index (χ4v) is 3.14. The van der Waals surface area contributed by atoms with Gasteiger partial charge in [-0.25, -0.2) is 4.68 Å². The lowest BCUT2D eigenvalue weighted by atomic mass is 10.0. The molecule has 1 aliphatic heterocycles. The highest BCUT2D eigenvalue weighted by atomic mass is 16.5. The summed E-state index contributed by atoms with van der Waals surface area (Å²) in [6, 6.07) is 8.93. The molecule has 1 saturated heterocycles. The third kappa shape index (κ3) is 3.71. The second-order valence-electron chi connectivity index (χ2n) is 6.38. The summed E-state index contributed by atoms with van der Waals surface area (Å²) in [6.07, 6.45) is 4.85. The summed E-state index contributed by atoms with van der Waals surface area (Å²) in [7, 11) is 0. The van der Waals surface area contributed by atoms with E-state index >= 15 is 0 Å². The number of aromatic nitrogens is 2. The number of likely N-dealkylation sites (tertiary alicyclic amines) is 1. The van der Waals surface area contributed by atoms with E-state index in [0.29, 0.717) is 25.3 Å². The Morgan fingerprint density at radius 3 is 2.73 bits per heavy atom. The topological polar surface area (TPSA) is 90.5 Å². The number of nitrogens with zero attached hydrogens (tertiary/aromatic N) is 3. The number of amides is 2. The molecule has 1 aliphatic rings. The highest BCUT2D eigenvalue weighted by Crippen LogP contribution is 2.25. The van der Waals surface area contributed by atoms with Crippen LogP contribution < -0.4 is 10.5 Å². The number of ether oxygens (including phenoxy) is 1. The van der Waals surface area contributed by atoms with Gasteiger partial charge in [-0.2, -0.15) is 5.10 Å². The summed E-state index contributed by atoms with van der Waals surface area (Å²) >= 11 is 0. The number of carbonyl (C=O) groups is 2. The molecular formula is C19H24N4O3. The van der Waals surface area contributed by atoms with Crippen LogP contribution >= 0.6 is 0 Å². The van der Waals surface area contributed by atoms with Crippen molar-refractivity contribution in [2.75, 3.05) is 13.2 Å². The quantitative estimate of drug-likeness (QED) is 0.858. The van der Waals surface area contributed by atoms with Crippen LogP contribution in [-0.4, -0.2) is 45.7 Å². The lowest BCUT2D eigenvalue weighted by molar-refractivity contribution is -0.123. The van der Waals surface area contributed by atoms with Crippen molar-refractivity contribution in [1.82, 2.24) is 14.7 Å². The molecule has 0 unspecified atom stereocenters. The summed E-state index contributed by atoms with van der Waals surface area (Å²) in [4.78, 5) is 26.4. The van der Waals surface area contributed by atoms with Crippen molar-refractivity contribution < 1.29 is 14.3 Å². The predicted octanol–water partition coefficient (Wildman–Crippen LogP) is 2.14. The van der Waals surface area contributed by atoms with Crippen LogP contribution in [-0.2, 0) is 4.79 Å². The molecule has 0 radical (unpaired) electrons. The molecule has 0 spiro atoms. The molecule has 7 heteroatoms. The molecule has 0 aliphatic carbocycles. The highest BCUT2D eigenvalue weighted by Gasteiger charge is 2.34. The molecule has 2 heterocycles. The van der Waals surface area contributed by atoms with Gasteiger partial charge < -0.3 is 15.4 Å². The Morgan fingerprint density at radius 2 is 2.04 bits per heavy atom. The summed E-state index contributed by atoms with van der Waals surface area (Å²) < 4.78 is 7.38. The molecule has 3 rings (SSSR count). The molecule has 2 amide bonds. The van der Waals surface area contributed by atoms with Gasteiger partial charge in [-0.15, -0.1) is 0 Å². The van der Waals surface area contributed by atoms with Crippen molar-refractivity contribution in [2.45, 2.75) is 38.6 Å². The summed E-state index contributed by atoms with van der Waals surface area (Å²) in [5.41, 5.74) is 6.55. The van der Waals surface area contributed by atoms with Crippen LogP contribution in [0.1, 0.15) is 43.1 Å². The first-order chi connectivity index (χ1) is 12.6. The van der Waals surface area contributed by atoms with Crippen LogP contribution in [0.3, 0.4) is 0 Å². The summed E-state index contributed by atoms with van der Waals surface area (Å²) in [6.45, 7) is 2.98. The first kappa shape index (κ1) is 18.0. The summed E-state index contributed by atoms with van der Waals surface area (Å²) in [5, 5.41) is 4.45. The van der Waals surface area contributed by atoms with Crippen molar-refractivity contribution in [3.05, 3.63) is 42.2 Å². The summed E-state index contributed by atoms with van der Waals surface area (Å²) in [5.74, 6) is -0.361. The molecule has 26 heavy (non-hydrogen) atoms. The fraction of sp³-hybridized carbons (Fsp3) is 0.421. The van der Waals surface area contributed by atoms with Crippen LogP contribution in [0.2, 0.25) is 0 Å². The molecule has 7 nitrogen and oxygen atoms in total. The van der Waals surface area contributed by atoms with Gasteiger partial charge in [0.1, 0.15) is 6.04 Å². The van der Waals surface area contributed by atoms with Crippen LogP contribution in [0.15, 0.2) is 36.5 Å². The number of nitrogens with two attached hydrogens (primary N) is 1. The number of rotatable bonds is 6. The smallest absolute Gasteiger partial charge is 0.278 e. The zero-order valence-electron chi connectivity index (χ0n) is 14.9. The lowest BCUT2D eigenvalue weighted by Crippen LogP contribution is -2.50. The number of hydrogen-bond acceptors (Lipinski definition) is 4. The van der Waals surface area contributed by atoms with Gasteiger partial charge in [-0.05, 0) is 37.8 Å². The largest absolute Gasteiger partial charge is 0.489 e. The van der Waals surface area contributed by atoms with Crippen molar-refractivity contribution in [3.63, 3.8) is 0 Å². The first-order valence-corrected chi connectivity index (χ1v) is 9.00. The Bertz CT molecular complexity index is 772. The van der Waals surface area contributed by atoms with Gasteiger partial charge in [0.05, 0.1) is 18.5 Å². The molecule has 1 atom stereocenters. The zero-order valence-corrected chi connectivity index (χ0v) is 14.9. The van der Waals surface area contributed by atoms with E-state index in [0.717, 1.165) is 24.9 Å². The molecule has 1 aromatic carbocycles. The van der Waals surface area contributed by atoms with Crippen LogP contribution in [0, 0.1) is 0 Å². The van der Waals surface area contributed by atoms with E-state index < -0.39 is 11.9 Å². The minimum absolute atomic E-state index is 0.218. The number of piperidine rings is 1. The predicted molar refractivity (Wildman–Crippen MR) is 97.2 cm³/mol. The van der Waals surface area contributed by atoms with E-state index in [4.69, 9.17) is 10.5 Å². The SMILES string of the molecule is CCCOc1cn(-c2ccccc2)nc1C(=O)N1CCCC[C@H]1C(N)=O. The van der Waals surface area contributed by atoms with Crippen molar-refractivity contribution in [3.8, 4) is 11.4 Å². The molecular weight excluding hydrogens is 332 g/mol. The molecule has 1 aromatic heterocycles. The molecule has 2 N–H and O–H groups in total. The van der Waals surface area contributed by atoms with E-state index in [2.05, 4.69) is 5.10 Å². The van der Waals surface area contributed by atoms with Gasteiger partial charge in [-0.1, -0.05) is 25.1 Å². The minimum atomic E-state index is -0.586. The molecule has 138 valence electrons. The third-order valence-electron chi connectivity index (χ3n) is 4.46. The van der Waals surface area contributed by atoms with Crippen molar-refractivity contribution in [2.24, 2.45) is 5.73 Å². The van der Waals surface area contributed by atoms with Gasteiger partial charge >= 0.3 is 0 Å². The van der Waals surface area contributed by atoms with E-state index in [1.54, 1.807) is 10.9 Å². The van der Waals surface area contributed by atoms with Crippen LogP contribution in [0.5, 0.6) is 5.75 Å². The van der Waals surface area contributed by atoms with E-state index in [-0.39, 0.29) is 11.6 Å². The van der Waals surface area contributed by atoms with E-state index in [9.17, 15) is 9.59 Å². The minimum Gasteiger partial charge on any atom is -0.489 e. The van der Waals surface area contributed by atoms with Crippen LogP contribution in [0.25, 0.3) is 5.69 Å². The Labute approximate surface area is 152 Å². The number of benzene rings is 1. The Morgan fingerprint density at radius 1 is 1.27 bits per heavy atom. The first-order valence-electron chi connectivity index (χ1n) is 9.00. The number of primary amides is 1. The van der Waals surface area contributed by atoms with Crippen molar-refractivity contribution >= 4 is 11.8 Å². The number of carbonyl (C=O) groups excluding carboxylic acids is 2. The van der Waals surface area contributed by atoms with Gasteiger partial charge in [0.15, 0.2) is 11.4 Å². The average Bonchev–Trinajstić information content (AvgIpc) is 3.10. The van der Waals surface area contributed by atoms with Gasteiger partial charge in [-0.3, -0.25) is 9.59 Å². The second kappa shape index (κ2) is 8.03. The Balaban J connectivity index is 1.95. The van der Waals surface area contributed by atoms with E-state index in [1.165, 1.54) is 4.90 Å². The number of para-hydroxylation sites is 1. The average molecular weight is 356 g/mol. The van der Waals surface area contributed by atoms with Gasteiger partial charge in [0, 0.05) is 6.54 Å². The lowest BCUT2D eigenvalue weighted by Gasteiger charge is -2.33. The Kier molecular flexibility index (Phi) is 5.55. The van der Waals surface area contributed by atoms with Crippen LogP contribution in [0.4, 0.5) is 0 Å². The maximum atomic E-state index is 13.1. The zero-order chi connectivity index (χ0) is 18.5. The maximum Gasteiger partial charge on any atom is 0.278 e. The monoisotopic (exact) mass is 356 g/mol. The highest BCUT2D eigenvalue weighted by molar-refractivity contribution is 5.98. The third-order valence-corrected chi connectivity index (χ3v) is 4.46. The van der Waals surface area contributed by atoms with Gasteiger partial charge in [0.25, 0.3) is 5.91 Å². The van der Waals surface area contributed by atoms with Gasteiger partial charge in [0.2, 0.25) is 5.91 Å². The fourth-order valence-electron chi connectivity index (χ4n) is 3.14. The molecule has 2 aromatic rings. The molecule has 0 saturated carbocycles. The Hall–Kier alpha value is -2.83. The normalized spacial score (nSPS) is 17.1. The molecule has 0 bridgehead atoms. The molecule has 1 fully saturated rings.